The molecule has 0 saturated heterocycles. The van der Waals surface area contributed by atoms with Crippen molar-refractivity contribution >= 4 is 12.2 Å². The van der Waals surface area contributed by atoms with Crippen molar-refractivity contribution in [3.8, 4) is 17.2 Å². The smallest absolute Gasteiger partial charge is 0.332 e. The van der Waals surface area contributed by atoms with Crippen LogP contribution in [-0.4, -0.2) is 17.2 Å². The molecule has 1 aromatic carbocycles. The minimum absolute atomic E-state index is 0.379. The van der Waals surface area contributed by atoms with Gasteiger partial charge in [-0.3, -0.25) is 0 Å². The molecule has 1 heterocycles. The van der Waals surface area contributed by atoms with Gasteiger partial charge in [-0.05, 0) is 23.3 Å². The molecule has 0 bridgehead atoms. The second kappa shape index (κ2) is 6.11. The van der Waals surface area contributed by atoms with E-state index in [2.05, 4.69) is 21.6 Å². The van der Waals surface area contributed by atoms with Crippen LogP contribution < -0.4 is 11.2 Å². The van der Waals surface area contributed by atoms with Crippen molar-refractivity contribution in [1.29, 1.82) is 5.26 Å². The highest BCUT2D eigenvalue weighted by Gasteiger charge is 2.04. The number of benzene rings is 1. The number of rotatable bonds is 3. The van der Waals surface area contributed by atoms with Crippen molar-refractivity contribution in [3.05, 3.63) is 53.9 Å². The van der Waals surface area contributed by atoms with Gasteiger partial charge in [0, 0.05) is 11.8 Å². The number of nitrogens with two attached hydrogens (primary N) is 1. The molecule has 3 N–H and O–H groups in total. The van der Waals surface area contributed by atoms with Gasteiger partial charge in [-0.1, -0.05) is 24.3 Å². The SMILES string of the molecule is N#Cc1ncccc1-c1ccc(C=NNC(N)=O)cc1. The number of pyridine rings is 1. The molecule has 0 saturated carbocycles. The third kappa shape index (κ3) is 3.17. The van der Waals surface area contributed by atoms with Gasteiger partial charge in [0.05, 0.1) is 6.21 Å². The summed E-state index contributed by atoms with van der Waals surface area (Å²) in [6.45, 7) is 0. The largest absolute Gasteiger partial charge is 0.350 e. The maximum absolute atomic E-state index is 10.5. The van der Waals surface area contributed by atoms with Gasteiger partial charge in [0.1, 0.15) is 11.8 Å². The standard InChI is InChI=1S/C14H11N5O/c15-8-13-12(2-1-7-17-13)11-5-3-10(4-6-11)9-18-19-14(16)20/h1-7,9H,(H3,16,19,20). The van der Waals surface area contributed by atoms with Gasteiger partial charge in [0.2, 0.25) is 0 Å². The highest BCUT2D eigenvalue weighted by atomic mass is 16.2. The number of nitriles is 1. The molecular weight excluding hydrogens is 254 g/mol. The van der Waals surface area contributed by atoms with Crippen LogP contribution in [0.4, 0.5) is 4.79 Å². The van der Waals surface area contributed by atoms with Crippen LogP contribution in [0, 0.1) is 11.3 Å². The van der Waals surface area contributed by atoms with Crippen molar-refractivity contribution in [2.75, 3.05) is 0 Å². The third-order valence-electron chi connectivity index (χ3n) is 2.52. The number of carbonyl (C=O) groups is 1. The van der Waals surface area contributed by atoms with Crippen molar-refractivity contribution in [3.63, 3.8) is 0 Å². The molecule has 6 nitrogen and oxygen atoms in total. The number of primary amides is 1. The van der Waals surface area contributed by atoms with Crippen LogP contribution in [0.5, 0.6) is 0 Å². The maximum atomic E-state index is 10.5. The summed E-state index contributed by atoms with van der Waals surface area (Å²) in [7, 11) is 0. The van der Waals surface area contributed by atoms with E-state index in [9.17, 15) is 4.79 Å². The van der Waals surface area contributed by atoms with Crippen LogP contribution in [-0.2, 0) is 0 Å². The Labute approximate surface area is 115 Å². The highest BCUT2D eigenvalue weighted by molar-refractivity contribution is 5.82. The Kier molecular flexibility index (Phi) is 4.04. The van der Waals surface area contributed by atoms with Gasteiger partial charge >= 0.3 is 6.03 Å². The Bertz CT molecular complexity index is 685. The molecule has 20 heavy (non-hydrogen) atoms. The van der Waals surface area contributed by atoms with E-state index >= 15 is 0 Å². The first-order valence-corrected chi connectivity index (χ1v) is 5.75. The molecule has 2 aromatic rings. The summed E-state index contributed by atoms with van der Waals surface area (Å²) < 4.78 is 0. The lowest BCUT2D eigenvalue weighted by Crippen LogP contribution is -2.24. The number of amides is 2. The first-order valence-electron chi connectivity index (χ1n) is 5.75. The fourth-order valence-electron chi connectivity index (χ4n) is 1.65. The molecule has 1 aromatic heterocycles. The van der Waals surface area contributed by atoms with Gasteiger partial charge in [-0.25, -0.2) is 15.2 Å². The minimum Gasteiger partial charge on any atom is -0.350 e. The molecular formula is C14H11N5O. The molecule has 0 atom stereocenters. The van der Waals surface area contributed by atoms with Crippen LogP contribution in [0.2, 0.25) is 0 Å². The number of urea groups is 1. The summed E-state index contributed by atoms with van der Waals surface area (Å²) in [5.74, 6) is 0. The van der Waals surface area contributed by atoms with Crippen molar-refractivity contribution in [2.45, 2.75) is 0 Å². The molecule has 0 aliphatic carbocycles. The molecule has 98 valence electrons. The Morgan fingerprint density at radius 2 is 2.10 bits per heavy atom. The number of carbonyl (C=O) groups excluding carboxylic acids is 1. The minimum atomic E-state index is -0.716. The quantitative estimate of drug-likeness (QED) is 0.650. The summed E-state index contributed by atoms with van der Waals surface area (Å²) in [4.78, 5) is 14.5. The zero-order valence-electron chi connectivity index (χ0n) is 10.4. The van der Waals surface area contributed by atoms with Gasteiger partial charge < -0.3 is 5.73 Å². The Morgan fingerprint density at radius 1 is 1.35 bits per heavy atom. The molecule has 0 aliphatic heterocycles. The third-order valence-corrected chi connectivity index (χ3v) is 2.52. The molecule has 0 radical (unpaired) electrons. The summed E-state index contributed by atoms with van der Waals surface area (Å²) in [5, 5.41) is 12.7. The maximum Gasteiger partial charge on any atom is 0.332 e. The van der Waals surface area contributed by atoms with E-state index in [0.29, 0.717) is 5.69 Å². The Morgan fingerprint density at radius 3 is 2.75 bits per heavy atom. The first-order chi connectivity index (χ1) is 9.70. The molecule has 2 rings (SSSR count). The van der Waals surface area contributed by atoms with E-state index < -0.39 is 6.03 Å². The molecule has 0 unspecified atom stereocenters. The number of hydrogen-bond acceptors (Lipinski definition) is 4. The van der Waals surface area contributed by atoms with E-state index in [4.69, 9.17) is 11.0 Å². The number of nitrogens with one attached hydrogen (secondary N) is 1. The summed E-state index contributed by atoms with van der Waals surface area (Å²) >= 11 is 0. The van der Waals surface area contributed by atoms with Gasteiger partial charge in [0.25, 0.3) is 0 Å². The topological polar surface area (TPSA) is 104 Å². The van der Waals surface area contributed by atoms with Crippen LogP contribution in [0.15, 0.2) is 47.7 Å². The van der Waals surface area contributed by atoms with Crippen molar-refractivity contribution in [2.24, 2.45) is 10.8 Å². The average Bonchev–Trinajstić information content (AvgIpc) is 2.47. The Balaban J connectivity index is 2.22. The van der Waals surface area contributed by atoms with E-state index in [-0.39, 0.29) is 0 Å². The second-order valence-electron chi connectivity index (χ2n) is 3.87. The van der Waals surface area contributed by atoms with Gasteiger partial charge in [-0.2, -0.15) is 10.4 Å². The van der Waals surface area contributed by atoms with Gasteiger partial charge in [0.15, 0.2) is 0 Å². The molecule has 6 heteroatoms. The molecule has 0 spiro atoms. The zero-order chi connectivity index (χ0) is 14.4. The first kappa shape index (κ1) is 13.2. The van der Waals surface area contributed by atoms with E-state index in [0.717, 1.165) is 16.7 Å². The van der Waals surface area contributed by atoms with Crippen molar-refractivity contribution < 1.29 is 4.79 Å². The molecule has 0 fully saturated rings. The fraction of sp³-hybridized carbons (Fsp3) is 0. The van der Waals surface area contributed by atoms with Crippen LogP contribution in [0.3, 0.4) is 0 Å². The highest BCUT2D eigenvalue weighted by Crippen LogP contribution is 2.21. The lowest BCUT2D eigenvalue weighted by Gasteiger charge is -2.03. The van der Waals surface area contributed by atoms with E-state index in [1.807, 2.05) is 30.3 Å². The second-order valence-corrected chi connectivity index (χ2v) is 3.87. The monoisotopic (exact) mass is 265 g/mol. The number of hydrazone groups is 1. The molecule has 0 aliphatic rings. The normalized spacial score (nSPS) is 10.2. The van der Waals surface area contributed by atoms with E-state index in [1.165, 1.54) is 6.21 Å². The predicted molar refractivity (Wildman–Crippen MR) is 74.7 cm³/mol. The lowest BCUT2D eigenvalue weighted by atomic mass is 10.0. The summed E-state index contributed by atoms with van der Waals surface area (Å²) in [6, 6.07) is 12.3. The van der Waals surface area contributed by atoms with E-state index in [1.54, 1.807) is 12.3 Å². The predicted octanol–water partition coefficient (Wildman–Crippen LogP) is 1.62. The fourth-order valence-corrected chi connectivity index (χ4v) is 1.65. The molecule has 2 amide bonds. The zero-order valence-corrected chi connectivity index (χ0v) is 10.4. The number of hydrogen-bond donors (Lipinski definition) is 2. The van der Waals surface area contributed by atoms with Crippen LogP contribution >= 0.6 is 0 Å². The number of nitrogens with zero attached hydrogens (tertiary/aromatic N) is 3. The van der Waals surface area contributed by atoms with Crippen LogP contribution in [0.1, 0.15) is 11.3 Å². The summed E-state index contributed by atoms with van der Waals surface area (Å²) in [5.41, 5.74) is 9.83. The summed E-state index contributed by atoms with van der Waals surface area (Å²) in [6.07, 6.45) is 3.06. The average molecular weight is 265 g/mol. The Hall–Kier alpha value is -3.20. The lowest BCUT2D eigenvalue weighted by molar-refractivity contribution is 0.249. The number of aromatic nitrogens is 1. The van der Waals surface area contributed by atoms with Crippen molar-refractivity contribution in [1.82, 2.24) is 10.4 Å². The van der Waals surface area contributed by atoms with Crippen LogP contribution in [0.25, 0.3) is 11.1 Å². The van der Waals surface area contributed by atoms with Gasteiger partial charge in [-0.15, -0.1) is 0 Å².